The van der Waals surface area contributed by atoms with Crippen LogP contribution in [0.4, 0.5) is 10.6 Å². The van der Waals surface area contributed by atoms with Gasteiger partial charge in [0.25, 0.3) is 0 Å². The van der Waals surface area contributed by atoms with E-state index in [1.54, 1.807) is 0 Å². The Labute approximate surface area is 177 Å². The summed E-state index contributed by atoms with van der Waals surface area (Å²) in [7, 11) is -4.02. The Hall–Kier alpha value is -2.15. The Morgan fingerprint density at radius 1 is 1.32 bits per heavy atom. The highest BCUT2D eigenvalue weighted by Gasteiger charge is 2.44. The molecular weight excluding hydrogens is 431 g/mol. The fourth-order valence-electron chi connectivity index (χ4n) is 3.83. The van der Waals surface area contributed by atoms with Crippen molar-refractivity contribution in [3.63, 3.8) is 0 Å². The number of carbonyl (C=O) groups excluding carboxylic acids is 1. The van der Waals surface area contributed by atoms with Gasteiger partial charge in [-0.05, 0) is 12.8 Å². The topological polar surface area (TPSA) is 184 Å². The smallest absolute Gasteiger partial charge is 0.320 e. The molecule has 3 unspecified atom stereocenters. The summed E-state index contributed by atoms with van der Waals surface area (Å²) in [5.41, 5.74) is 0.528. The fraction of sp³-hybridized carbons (Fsp3) is 0.647. The molecular formula is C17H24N6O7P-. The Bertz CT molecular complexity index is 991. The molecule has 2 aromatic heterocycles. The minimum atomic E-state index is -4.02. The molecule has 2 aromatic rings. The first-order valence-electron chi connectivity index (χ1n) is 9.92. The molecule has 5 atom stereocenters. The van der Waals surface area contributed by atoms with Gasteiger partial charge >= 0.3 is 6.03 Å². The van der Waals surface area contributed by atoms with Crippen LogP contribution in [0, 0.1) is 0 Å². The van der Waals surface area contributed by atoms with E-state index in [1.807, 2.05) is 0 Å². The average molecular weight is 455 g/mol. The standard InChI is InChI=1S/C17H25N6O7P/c1-31(27,28)29-6-10-12(24)13(25)16(30-10)23-8-20-11-14(18-7-19-15(11)23)22-17(26)21-9-4-2-3-5-9/h7-10,12-13,16,24-25H,2-6H2,1H3,(H,27,28)(H2,18,19,21,22,26)/p-1/t10-,12?,13?,16-/m1/s1. The van der Waals surface area contributed by atoms with Crippen molar-refractivity contribution in [2.24, 2.45) is 0 Å². The minimum Gasteiger partial charge on any atom is -0.779 e. The van der Waals surface area contributed by atoms with Crippen molar-refractivity contribution in [2.45, 2.75) is 56.3 Å². The molecule has 13 nitrogen and oxygen atoms in total. The zero-order valence-electron chi connectivity index (χ0n) is 16.7. The van der Waals surface area contributed by atoms with Crippen molar-refractivity contribution in [1.82, 2.24) is 24.8 Å². The number of anilines is 1. The summed E-state index contributed by atoms with van der Waals surface area (Å²) in [6.45, 7) is 0.460. The number of nitrogens with one attached hydrogen (secondary N) is 2. The molecule has 0 bridgehead atoms. The van der Waals surface area contributed by atoms with Crippen LogP contribution in [0.2, 0.25) is 0 Å². The third-order valence-electron chi connectivity index (χ3n) is 5.37. The molecule has 1 saturated carbocycles. The van der Waals surface area contributed by atoms with E-state index < -0.39 is 44.8 Å². The predicted octanol–water partition coefficient (Wildman–Crippen LogP) is -0.291. The molecule has 0 aromatic carbocycles. The molecule has 2 aliphatic rings. The van der Waals surface area contributed by atoms with Gasteiger partial charge in [0, 0.05) is 12.7 Å². The second-order valence-corrected chi connectivity index (χ2v) is 9.54. The van der Waals surface area contributed by atoms with Gasteiger partial charge in [-0.3, -0.25) is 9.88 Å². The summed E-state index contributed by atoms with van der Waals surface area (Å²) in [6.07, 6.45) is 1.67. The third kappa shape index (κ3) is 4.86. The highest BCUT2D eigenvalue weighted by molar-refractivity contribution is 7.50. The number of fused-ring (bicyclic) bond motifs is 1. The zero-order chi connectivity index (χ0) is 22.2. The molecule has 1 aliphatic carbocycles. The van der Waals surface area contributed by atoms with Crippen LogP contribution >= 0.6 is 7.60 Å². The van der Waals surface area contributed by atoms with Crippen LogP contribution in [0.1, 0.15) is 31.9 Å². The minimum absolute atomic E-state index is 0.130. The van der Waals surface area contributed by atoms with E-state index in [2.05, 4.69) is 25.6 Å². The average Bonchev–Trinajstić information content (AvgIpc) is 3.42. The quantitative estimate of drug-likeness (QED) is 0.422. The van der Waals surface area contributed by atoms with Crippen LogP contribution in [-0.4, -0.2) is 73.4 Å². The molecule has 2 fully saturated rings. The number of aliphatic hydroxyl groups is 2. The number of carbonyl (C=O) groups is 1. The maximum absolute atomic E-state index is 12.3. The molecule has 0 radical (unpaired) electrons. The van der Waals surface area contributed by atoms with Crippen molar-refractivity contribution in [3.05, 3.63) is 12.7 Å². The van der Waals surface area contributed by atoms with Gasteiger partial charge in [0.15, 0.2) is 23.2 Å². The molecule has 1 aliphatic heterocycles. The van der Waals surface area contributed by atoms with Crippen molar-refractivity contribution in [3.8, 4) is 0 Å². The van der Waals surface area contributed by atoms with Crippen molar-refractivity contribution >= 4 is 30.6 Å². The zero-order valence-corrected chi connectivity index (χ0v) is 17.6. The Kier molecular flexibility index (Phi) is 6.24. The summed E-state index contributed by atoms with van der Waals surface area (Å²) in [5.74, 6) is 0.186. The van der Waals surface area contributed by atoms with E-state index in [-0.39, 0.29) is 23.0 Å². The number of amides is 2. The van der Waals surface area contributed by atoms with Crippen LogP contribution in [-0.2, 0) is 13.8 Å². The summed E-state index contributed by atoms with van der Waals surface area (Å²) >= 11 is 0. The van der Waals surface area contributed by atoms with Gasteiger partial charge in [-0.25, -0.2) is 19.7 Å². The highest BCUT2D eigenvalue weighted by Crippen LogP contribution is 2.36. The Morgan fingerprint density at radius 3 is 2.77 bits per heavy atom. The lowest BCUT2D eigenvalue weighted by atomic mass is 10.1. The van der Waals surface area contributed by atoms with E-state index >= 15 is 0 Å². The summed E-state index contributed by atoms with van der Waals surface area (Å²) < 4.78 is 22.9. The summed E-state index contributed by atoms with van der Waals surface area (Å²) in [6, 6.07) is -0.266. The number of rotatable bonds is 6. The van der Waals surface area contributed by atoms with Gasteiger partial charge < -0.3 is 34.2 Å². The van der Waals surface area contributed by atoms with E-state index in [0.29, 0.717) is 0 Å². The largest absolute Gasteiger partial charge is 0.779 e. The lowest BCUT2D eigenvalue weighted by molar-refractivity contribution is -0.199. The van der Waals surface area contributed by atoms with E-state index in [9.17, 15) is 24.5 Å². The number of nitrogens with zero attached hydrogens (tertiary/aromatic N) is 4. The van der Waals surface area contributed by atoms with Crippen molar-refractivity contribution < 1.29 is 33.7 Å². The van der Waals surface area contributed by atoms with Gasteiger partial charge in [-0.15, -0.1) is 0 Å². The van der Waals surface area contributed by atoms with Gasteiger partial charge in [-0.1, -0.05) is 12.8 Å². The van der Waals surface area contributed by atoms with Crippen LogP contribution in [0.15, 0.2) is 12.7 Å². The summed E-state index contributed by atoms with van der Waals surface area (Å²) in [4.78, 5) is 35.9. The van der Waals surface area contributed by atoms with Gasteiger partial charge in [0.1, 0.15) is 32.2 Å². The molecule has 4 N–H and O–H groups in total. The lowest BCUT2D eigenvalue weighted by Gasteiger charge is -2.21. The van der Waals surface area contributed by atoms with E-state index in [4.69, 9.17) is 9.26 Å². The SMILES string of the molecule is CP(=O)([O-])OC[C@H]1O[C@@H](n2cnc3c(NC(=O)NC4CCCC4)ncnc32)C(O)C1O. The Balaban J connectivity index is 1.50. The monoisotopic (exact) mass is 455 g/mol. The van der Waals surface area contributed by atoms with Crippen molar-refractivity contribution in [1.29, 1.82) is 0 Å². The number of aromatic nitrogens is 4. The summed E-state index contributed by atoms with van der Waals surface area (Å²) in [5, 5.41) is 26.2. The predicted molar refractivity (Wildman–Crippen MR) is 105 cm³/mol. The number of urea groups is 1. The van der Waals surface area contributed by atoms with Crippen LogP contribution in [0.5, 0.6) is 0 Å². The number of imidazole rings is 1. The first-order chi connectivity index (χ1) is 14.7. The number of hydrogen-bond acceptors (Lipinski definition) is 10. The van der Waals surface area contributed by atoms with Gasteiger partial charge in [0.05, 0.1) is 12.9 Å². The van der Waals surface area contributed by atoms with E-state index in [0.717, 1.165) is 32.3 Å². The van der Waals surface area contributed by atoms with Gasteiger partial charge in [0.2, 0.25) is 0 Å². The molecule has 31 heavy (non-hydrogen) atoms. The number of ether oxygens (including phenoxy) is 1. The maximum atomic E-state index is 12.3. The maximum Gasteiger partial charge on any atom is 0.320 e. The van der Waals surface area contributed by atoms with Crippen LogP contribution in [0.25, 0.3) is 11.2 Å². The first kappa shape index (κ1) is 22.1. The van der Waals surface area contributed by atoms with E-state index in [1.165, 1.54) is 17.2 Å². The Morgan fingerprint density at radius 2 is 2.06 bits per heavy atom. The molecule has 14 heteroatoms. The fourth-order valence-corrected chi connectivity index (χ4v) is 4.25. The molecule has 2 amide bonds. The molecule has 4 rings (SSSR count). The van der Waals surface area contributed by atoms with Crippen LogP contribution < -0.4 is 15.5 Å². The molecule has 1 saturated heterocycles. The number of aliphatic hydroxyl groups excluding tert-OH is 2. The molecule has 0 spiro atoms. The van der Waals surface area contributed by atoms with Gasteiger partial charge in [-0.2, -0.15) is 0 Å². The normalized spacial score (nSPS) is 28.6. The molecule has 170 valence electrons. The second kappa shape index (κ2) is 8.77. The lowest BCUT2D eigenvalue weighted by Crippen LogP contribution is -2.36. The van der Waals surface area contributed by atoms with Crippen molar-refractivity contribution in [2.75, 3.05) is 18.6 Å². The molecule has 3 heterocycles. The second-order valence-electron chi connectivity index (χ2n) is 7.74. The van der Waals surface area contributed by atoms with Crippen LogP contribution in [0.3, 0.4) is 0 Å². The third-order valence-corrected chi connectivity index (χ3v) is 5.98. The first-order valence-corrected chi connectivity index (χ1v) is 11.9. The number of hydrogen-bond donors (Lipinski definition) is 4. The highest BCUT2D eigenvalue weighted by atomic mass is 31.2.